The van der Waals surface area contributed by atoms with Gasteiger partial charge in [-0.3, -0.25) is 4.79 Å². The lowest BCUT2D eigenvalue weighted by atomic mass is 9.93. The van der Waals surface area contributed by atoms with Gasteiger partial charge in [-0.25, -0.2) is 8.42 Å². The highest BCUT2D eigenvalue weighted by Gasteiger charge is 2.35. The molecule has 0 aromatic heterocycles. The van der Waals surface area contributed by atoms with Crippen molar-refractivity contribution in [1.82, 2.24) is 4.31 Å². The summed E-state index contributed by atoms with van der Waals surface area (Å²) in [4.78, 5) is 11.8. The molecule has 1 aliphatic heterocycles. The summed E-state index contributed by atoms with van der Waals surface area (Å²) in [6, 6.07) is 8.17. The third-order valence-electron chi connectivity index (χ3n) is 3.77. The molecule has 7 heteroatoms. The fourth-order valence-corrected chi connectivity index (χ4v) is 4.11. The Balaban J connectivity index is 2.11. The summed E-state index contributed by atoms with van der Waals surface area (Å²) in [6.07, 6.45) is -0.349. The van der Waals surface area contributed by atoms with Gasteiger partial charge in [0.15, 0.2) is 0 Å². The molecule has 0 spiro atoms. The molecule has 1 aromatic rings. The lowest BCUT2D eigenvalue weighted by Gasteiger charge is -2.34. The van der Waals surface area contributed by atoms with E-state index in [4.69, 9.17) is 4.74 Å². The standard InChI is InChI=1S/C15H21NO5S/c1-2-21-15(18)10-12-11-16(9-8-14(12)17)22(19,20)13-6-4-3-5-7-13/h3-7,12,14,17H,2,8-11H2,1H3/t12-,14-/m0/s1. The van der Waals surface area contributed by atoms with Crippen molar-refractivity contribution in [2.24, 2.45) is 5.92 Å². The number of benzene rings is 1. The Morgan fingerprint density at radius 1 is 1.36 bits per heavy atom. The van der Waals surface area contributed by atoms with Gasteiger partial charge >= 0.3 is 5.97 Å². The van der Waals surface area contributed by atoms with Gasteiger partial charge in [0.1, 0.15) is 0 Å². The topological polar surface area (TPSA) is 83.9 Å². The first-order valence-corrected chi connectivity index (χ1v) is 8.78. The van der Waals surface area contributed by atoms with E-state index < -0.39 is 28.0 Å². The molecule has 1 heterocycles. The van der Waals surface area contributed by atoms with Crippen molar-refractivity contribution in [3.63, 3.8) is 0 Å². The van der Waals surface area contributed by atoms with Gasteiger partial charge in [-0.15, -0.1) is 0 Å². The maximum absolute atomic E-state index is 12.6. The Hall–Kier alpha value is -1.44. The first-order valence-electron chi connectivity index (χ1n) is 7.34. The van der Waals surface area contributed by atoms with Gasteiger partial charge in [0.2, 0.25) is 10.0 Å². The molecule has 22 heavy (non-hydrogen) atoms. The third-order valence-corrected chi connectivity index (χ3v) is 5.65. The van der Waals surface area contributed by atoms with Gasteiger partial charge in [0, 0.05) is 19.0 Å². The molecule has 1 fully saturated rings. The number of rotatable bonds is 5. The Labute approximate surface area is 130 Å². The van der Waals surface area contributed by atoms with E-state index in [9.17, 15) is 18.3 Å². The highest BCUT2D eigenvalue weighted by atomic mass is 32.2. The number of aliphatic hydroxyl groups is 1. The number of piperidine rings is 1. The molecular weight excluding hydrogens is 306 g/mol. The van der Waals surface area contributed by atoms with Crippen LogP contribution in [-0.2, 0) is 19.6 Å². The maximum Gasteiger partial charge on any atom is 0.306 e. The fourth-order valence-electron chi connectivity index (χ4n) is 2.58. The van der Waals surface area contributed by atoms with E-state index in [0.29, 0.717) is 6.42 Å². The number of sulfonamides is 1. The van der Waals surface area contributed by atoms with Gasteiger partial charge in [0.05, 0.1) is 24.0 Å². The predicted molar refractivity (Wildman–Crippen MR) is 80.6 cm³/mol. The van der Waals surface area contributed by atoms with Crippen LogP contribution in [0.4, 0.5) is 0 Å². The number of carbonyl (C=O) groups excluding carboxylic acids is 1. The van der Waals surface area contributed by atoms with Gasteiger partial charge in [-0.1, -0.05) is 18.2 Å². The van der Waals surface area contributed by atoms with Gasteiger partial charge < -0.3 is 9.84 Å². The summed E-state index contributed by atoms with van der Waals surface area (Å²) in [5.41, 5.74) is 0. The van der Waals surface area contributed by atoms with Crippen LogP contribution in [0.1, 0.15) is 19.8 Å². The minimum atomic E-state index is -3.60. The van der Waals surface area contributed by atoms with Crippen LogP contribution >= 0.6 is 0 Å². The zero-order valence-electron chi connectivity index (χ0n) is 12.5. The van der Waals surface area contributed by atoms with E-state index in [1.807, 2.05) is 0 Å². The van der Waals surface area contributed by atoms with Crippen LogP contribution in [0.2, 0.25) is 0 Å². The minimum absolute atomic E-state index is 0.0236. The molecule has 122 valence electrons. The molecule has 1 saturated heterocycles. The van der Waals surface area contributed by atoms with Crippen molar-refractivity contribution in [2.75, 3.05) is 19.7 Å². The molecule has 0 bridgehead atoms. The molecule has 6 nitrogen and oxygen atoms in total. The number of nitrogens with zero attached hydrogens (tertiary/aromatic N) is 1. The molecule has 0 radical (unpaired) electrons. The van der Waals surface area contributed by atoms with E-state index >= 15 is 0 Å². The largest absolute Gasteiger partial charge is 0.466 e. The summed E-state index contributed by atoms with van der Waals surface area (Å²) < 4.78 is 31.4. The molecule has 0 unspecified atom stereocenters. The average Bonchev–Trinajstić information content (AvgIpc) is 2.50. The quantitative estimate of drug-likeness (QED) is 0.816. The zero-order valence-corrected chi connectivity index (χ0v) is 13.3. The number of esters is 1. The van der Waals surface area contributed by atoms with Crippen LogP contribution in [-0.4, -0.2) is 49.6 Å². The zero-order chi connectivity index (χ0) is 16.2. The molecule has 2 atom stereocenters. The second-order valence-electron chi connectivity index (χ2n) is 5.30. The van der Waals surface area contributed by atoms with E-state index in [1.165, 1.54) is 4.31 Å². The van der Waals surface area contributed by atoms with Crippen molar-refractivity contribution in [3.8, 4) is 0 Å². The first-order chi connectivity index (χ1) is 10.4. The molecule has 2 rings (SSSR count). The second-order valence-corrected chi connectivity index (χ2v) is 7.24. The Kier molecular flexibility index (Phi) is 5.55. The smallest absolute Gasteiger partial charge is 0.306 e. The lowest BCUT2D eigenvalue weighted by molar-refractivity contribution is -0.145. The molecular formula is C15H21NO5S. The molecule has 1 aliphatic rings. The van der Waals surface area contributed by atoms with Gasteiger partial charge in [0.25, 0.3) is 0 Å². The minimum Gasteiger partial charge on any atom is -0.466 e. The number of hydrogen-bond donors (Lipinski definition) is 1. The van der Waals surface area contributed by atoms with E-state index in [-0.39, 0.29) is 31.0 Å². The summed E-state index contributed by atoms with van der Waals surface area (Å²) >= 11 is 0. The Morgan fingerprint density at radius 3 is 2.68 bits per heavy atom. The summed E-state index contributed by atoms with van der Waals surface area (Å²) in [6.45, 7) is 2.35. The molecule has 0 amide bonds. The maximum atomic E-state index is 12.6. The molecule has 0 aliphatic carbocycles. The number of ether oxygens (including phenoxy) is 1. The average molecular weight is 327 g/mol. The monoisotopic (exact) mass is 327 g/mol. The van der Waals surface area contributed by atoms with Crippen molar-refractivity contribution in [1.29, 1.82) is 0 Å². The first kappa shape index (κ1) is 16.9. The SMILES string of the molecule is CCOC(=O)C[C@H]1CN(S(=O)(=O)c2ccccc2)CC[C@@H]1O. The van der Waals surface area contributed by atoms with Crippen LogP contribution in [0.3, 0.4) is 0 Å². The number of hydrogen-bond acceptors (Lipinski definition) is 5. The highest BCUT2D eigenvalue weighted by molar-refractivity contribution is 7.89. The summed E-state index contributed by atoms with van der Waals surface area (Å²) in [5.74, 6) is -0.850. The van der Waals surface area contributed by atoms with E-state index in [2.05, 4.69) is 0 Å². The Bertz CT molecular complexity index is 602. The van der Waals surface area contributed by atoms with Crippen LogP contribution in [0, 0.1) is 5.92 Å². The number of carbonyl (C=O) groups is 1. The van der Waals surface area contributed by atoms with E-state index in [1.54, 1.807) is 37.3 Å². The predicted octanol–water partition coefficient (Wildman–Crippen LogP) is 1.01. The molecule has 1 aromatic carbocycles. The summed E-state index contributed by atoms with van der Waals surface area (Å²) in [7, 11) is -3.60. The fraction of sp³-hybridized carbons (Fsp3) is 0.533. The highest BCUT2D eigenvalue weighted by Crippen LogP contribution is 2.26. The molecule has 0 saturated carbocycles. The van der Waals surface area contributed by atoms with Crippen molar-refractivity contribution >= 4 is 16.0 Å². The third kappa shape index (κ3) is 3.85. The van der Waals surface area contributed by atoms with Crippen LogP contribution < -0.4 is 0 Å². The Morgan fingerprint density at radius 2 is 2.05 bits per heavy atom. The van der Waals surface area contributed by atoms with Crippen molar-refractivity contribution in [3.05, 3.63) is 30.3 Å². The lowest BCUT2D eigenvalue weighted by Crippen LogP contribution is -2.46. The van der Waals surface area contributed by atoms with Gasteiger partial charge in [-0.2, -0.15) is 4.31 Å². The van der Waals surface area contributed by atoms with Crippen LogP contribution in [0.15, 0.2) is 35.2 Å². The molecule has 1 N–H and O–H groups in total. The summed E-state index contributed by atoms with van der Waals surface area (Å²) in [5, 5.41) is 10.0. The van der Waals surface area contributed by atoms with E-state index in [0.717, 1.165) is 0 Å². The number of aliphatic hydroxyl groups excluding tert-OH is 1. The van der Waals surface area contributed by atoms with Crippen molar-refractivity contribution in [2.45, 2.75) is 30.8 Å². The normalized spacial score (nSPS) is 23.2. The van der Waals surface area contributed by atoms with Gasteiger partial charge in [-0.05, 0) is 25.5 Å². The van der Waals surface area contributed by atoms with Crippen LogP contribution in [0.5, 0.6) is 0 Å². The van der Waals surface area contributed by atoms with Crippen LogP contribution in [0.25, 0.3) is 0 Å². The second kappa shape index (κ2) is 7.21. The van der Waals surface area contributed by atoms with Crippen molar-refractivity contribution < 1.29 is 23.1 Å².